The topological polar surface area (TPSA) is 53.1 Å². The molecule has 1 aliphatic carbocycles. The van der Waals surface area contributed by atoms with Crippen molar-refractivity contribution in [1.29, 1.82) is 0 Å². The number of rotatable bonds is 5. The Hall–Kier alpha value is -1.97. The van der Waals surface area contributed by atoms with Crippen molar-refractivity contribution in [3.63, 3.8) is 0 Å². The monoisotopic (exact) mass is 299 g/mol. The van der Waals surface area contributed by atoms with Gasteiger partial charge in [0.05, 0.1) is 12.9 Å². The van der Waals surface area contributed by atoms with Gasteiger partial charge in [-0.2, -0.15) is 0 Å². The number of imidazole rings is 1. The van der Waals surface area contributed by atoms with Crippen LogP contribution < -0.4 is 10.5 Å². The Kier molecular flexibility index (Phi) is 4.66. The molecule has 118 valence electrons. The van der Waals surface area contributed by atoms with Gasteiger partial charge in [0.25, 0.3) is 0 Å². The minimum absolute atomic E-state index is 0.185. The Labute approximate surface area is 132 Å². The van der Waals surface area contributed by atoms with Crippen LogP contribution in [0.2, 0.25) is 0 Å². The number of nitrogen functional groups attached to an aromatic ring is 1. The average molecular weight is 299 g/mol. The third-order valence-electron chi connectivity index (χ3n) is 4.70. The second kappa shape index (κ2) is 6.86. The summed E-state index contributed by atoms with van der Waals surface area (Å²) in [7, 11) is 0. The van der Waals surface area contributed by atoms with Gasteiger partial charge in [0.15, 0.2) is 0 Å². The number of benzene rings is 1. The molecule has 1 aliphatic rings. The summed E-state index contributed by atoms with van der Waals surface area (Å²) in [5.74, 6) is 2.36. The highest BCUT2D eigenvalue weighted by Gasteiger charge is 2.28. The van der Waals surface area contributed by atoms with Gasteiger partial charge < -0.3 is 15.0 Å². The molecule has 4 nitrogen and oxygen atoms in total. The molecule has 1 atom stereocenters. The van der Waals surface area contributed by atoms with Crippen molar-refractivity contribution in [1.82, 2.24) is 9.55 Å². The number of hydrogen-bond acceptors (Lipinski definition) is 3. The molecule has 22 heavy (non-hydrogen) atoms. The van der Waals surface area contributed by atoms with E-state index in [9.17, 15) is 0 Å². The van der Waals surface area contributed by atoms with Gasteiger partial charge in [-0.05, 0) is 48.9 Å². The van der Waals surface area contributed by atoms with E-state index in [2.05, 4.69) is 16.5 Å². The molecular weight excluding hydrogens is 274 g/mol. The lowest BCUT2D eigenvalue weighted by Gasteiger charge is -2.33. The van der Waals surface area contributed by atoms with Crippen LogP contribution >= 0.6 is 0 Å². The molecule has 0 bridgehead atoms. The lowest BCUT2D eigenvalue weighted by molar-refractivity contribution is 0.0824. The number of nitrogens with two attached hydrogens (primary N) is 1. The molecule has 4 heteroatoms. The number of nitrogens with zero attached hydrogens (tertiary/aromatic N) is 2. The second-order valence-electron chi connectivity index (χ2n) is 6.50. The fourth-order valence-electron chi connectivity index (χ4n) is 3.26. The quantitative estimate of drug-likeness (QED) is 0.856. The first-order valence-corrected chi connectivity index (χ1v) is 8.18. The lowest BCUT2D eigenvalue weighted by atomic mass is 9.80. The van der Waals surface area contributed by atoms with Crippen molar-refractivity contribution in [3.05, 3.63) is 43.0 Å². The fourth-order valence-corrected chi connectivity index (χ4v) is 3.26. The Morgan fingerprint density at radius 1 is 1.23 bits per heavy atom. The van der Waals surface area contributed by atoms with Crippen LogP contribution in [-0.2, 0) is 6.54 Å². The standard InChI is InChI=1S/C18H25N3O/c1-14-2-4-15(5-3-14)18(12-21-11-10-20-13-21)22-17-8-6-16(19)7-9-17/h6-11,13-15,18H,2-5,12,19H2,1H3. The lowest BCUT2D eigenvalue weighted by Crippen LogP contribution is -2.34. The number of anilines is 1. The summed E-state index contributed by atoms with van der Waals surface area (Å²) < 4.78 is 8.42. The van der Waals surface area contributed by atoms with E-state index in [-0.39, 0.29) is 6.10 Å². The maximum absolute atomic E-state index is 6.31. The largest absolute Gasteiger partial charge is 0.488 e. The smallest absolute Gasteiger partial charge is 0.119 e. The van der Waals surface area contributed by atoms with Crippen LogP contribution in [0.4, 0.5) is 5.69 Å². The van der Waals surface area contributed by atoms with Crippen molar-refractivity contribution in [2.45, 2.75) is 45.3 Å². The van der Waals surface area contributed by atoms with Crippen molar-refractivity contribution in [2.75, 3.05) is 5.73 Å². The summed E-state index contributed by atoms with van der Waals surface area (Å²) in [4.78, 5) is 4.14. The van der Waals surface area contributed by atoms with Crippen LogP contribution in [0.5, 0.6) is 5.75 Å². The van der Waals surface area contributed by atoms with E-state index >= 15 is 0 Å². The normalized spacial score (nSPS) is 23.1. The molecular formula is C18H25N3O. The molecule has 0 saturated heterocycles. The SMILES string of the molecule is CC1CCC(C(Cn2ccnc2)Oc2ccc(N)cc2)CC1. The summed E-state index contributed by atoms with van der Waals surface area (Å²) in [6.45, 7) is 3.20. The van der Waals surface area contributed by atoms with Gasteiger partial charge in [0, 0.05) is 18.1 Å². The van der Waals surface area contributed by atoms with Crippen molar-refractivity contribution >= 4 is 5.69 Å². The molecule has 1 aromatic heterocycles. The summed E-state index contributed by atoms with van der Waals surface area (Å²) >= 11 is 0. The second-order valence-corrected chi connectivity index (χ2v) is 6.50. The van der Waals surface area contributed by atoms with Gasteiger partial charge >= 0.3 is 0 Å². The van der Waals surface area contributed by atoms with Crippen LogP contribution in [0, 0.1) is 11.8 Å². The van der Waals surface area contributed by atoms with E-state index in [0.717, 1.165) is 23.9 Å². The van der Waals surface area contributed by atoms with E-state index in [4.69, 9.17) is 10.5 Å². The zero-order valence-corrected chi connectivity index (χ0v) is 13.2. The maximum atomic E-state index is 6.31. The van der Waals surface area contributed by atoms with Gasteiger partial charge in [-0.15, -0.1) is 0 Å². The van der Waals surface area contributed by atoms with Gasteiger partial charge in [0.2, 0.25) is 0 Å². The molecule has 0 amide bonds. The molecule has 1 fully saturated rings. The van der Waals surface area contributed by atoms with Crippen LogP contribution in [0.3, 0.4) is 0 Å². The molecule has 1 heterocycles. The van der Waals surface area contributed by atoms with E-state index < -0.39 is 0 Å². The molecule has 0 radical (unpaired) electrons. The number of hydrogen-bond donors (Lipinski definition) is 1. The Bertz CT molecular complexity index is 557. The minimum atomic E-state index is 0.185. The van der Waals surface area contributed by atoms with Crippen LogP contribution in [-0.4, -0.2) is 15.7 Å². The number of aromatic nitrogens is 2. The predicted octanol–water partition coefficient (Wildman–Crippen LogP) is 3.74. The third-order valence-corrected chi connectivity index (χ3v) is 4.70. The van der Waals surface area contributed by atoms with Gasteiger partial charge in [-0.1, -0.05) is 19.8 Å². The predicted molar refractivity (Wildman–Crippen MR) is 88.6 cm³/mol. The molecule has 1 aromatic carbocycles. The first kappa shape index (κ1) is 14.9. The van der Waals surface area contributed by atoms with E-state index in [1.807, 2.05) is 43.0 Å². The molecule has 2 aromatic rings. The molecule has 0 aliphatic heterocycles. The molecule has 1 unspecified atom stereocenters. The van der Waals surface area contributed by atoms with Crippen molar-refractivity contribution in [3.8, 4) is 5.75 Å². The molecule has 3 rings (SSSR count). The van der Waals surface area contributed by atoms with Crippen molar-refractivity contribution < 1.29 is 4.74 Å². The third kappa shape index (κ3) is 3.81. The summed E-state index contributed by atoms with van der Waals surface area (Å²) in [5.41, 5.74) is 6.53. The zero-order valence-electron chi connectivity index (χ0n) is 13.2. The molecule has 1 saturated carbocycles. The average Bonchev–Trinajstić information content (AvgIpc) is 3.03. The van der Waals surface area contributed by atoms with E-state index in [1.165, 1.54) is 25.7 Å². The Morgan fingerprint density at radius 3 is 2.59 bits per heavy atom. The first-order chi connectivity index (χ1) is 10.7. The summed E-state index contributed by atoms with van der Waals surface area (Å²) in [6.07, 6.45) is 11.0. The van der Waals surface area contributed by atoms with Gasteiger partial charge in [-0.3, -0.25) is 0 Å². The van der Waals surface area contributed by atoms with Crippen LogP contribution in [0.25, 0.3) is 0 Å². The first-order valence-electron chi connectivity index (χ1n) is 8.18. The maximum Gasteiger partial charge on any atom is 0.119 e. The van der Waals surface area contributed by atoms with Gasteiger partial charge in [0.1, 0.15) is 11.9 Å². The van der Waals surface area contributed by atoms with Crippen LogP contribution in [0.1, 0.15) is 32.6 Å². The number of ether oxygens (including phenoxy) is 1. The fraction of sp³-hybridized carbons (Fsp3) is 0.500. The summed E-state index contributed by atoms with van der Waals surface area (Å²) in [5, 5.41) is 0. The van der Waals surface area contributed by atoms with Gasteiger partial charge in [-0.25, -0.2) is 4.98 Å². The van der Waals surface area contributed by atoms with Crippen molar-refractivity contribution in [2.24, 2.45) is 11.8 Å². The van der Waals surface area contributed by atoms with E-state index in [0.29, 0.717) is 5.92 Å². The highest BCUT2D eigenvalue weighted by Crippen LogP contribution is 2.33. The molecule has 2 N–H and O–H groups in total. The Morgan fingerprint density at radius 2 is 1.95 bits per heavy atom. The highest BCUT2D eigenvalue weighted by molar-refractivity contribution is 5.41. The highest BCUT2D eigenvalue weighted by atomic mass is 16.5. The summed E-state index contributed by atoms with van der Waals surface area (Å²) in [6, 6.07) is 7.71. The van der Waals surface area contributed by atoms with Crippen LogP contribution in [0.15, 0.2) is 43.0 Å². The Balaban J connectivity index is 1.71. The molecule has 0 spiro atoms. The minimum Gasteiger partial charge on any atom is -0.488 e. The van der Waals surface area contributed by atoms with E-state index in [1.54, 1.807) is 0 Å². The zero-order chi connectivity index (χ0) is 15.4.